The van der Waals surface area contributed by atoms with Crippen LogP contribution in [0.3, 0.4) is 0 Å². The fourth-order valence-corrected chi connectivity index (χ4v) is 2.86. The van der Waals surface area contributed by atoms with Gasteiger partial charge in [0.2, 0.25) is 0 Å². The second-order valence-electron chi connectivity index (χ2n) is 6.05. The van der Waals surface area contributed by atoms with E-state index in [-0.39, 0.29) is 18.3 Å². The summed E-state index contributed by atoms with van der Waals surface area (Å²) in [5.74, 6) is -1.17. The molecular formula is C19H18FNO3. The van der Waals surface area contributed by atoms with E-state index in [1.54, 1.807) is 37.3 Å². The van der Waals surface area contributed by atoms with Crippen LogP contribution in [0, 0.1) is 5.82 Å². The Morgan fingerprint density at radius 1 is 1.21 bits per heavy atom. The summed E-state index contributed by atoms with van der Waals surface area (Å²) in [6, 6.07) is 13.5. The molecule has 0 saturated carbocycles. The van der Waals surface area contributed by atoms with Crippen LogP contribution in [0.5, 0.6) is 0 Å². The number of nitrogens with one attached hydrogen (secondary N) is 1. The van der Waals surface area contributed by atoms with E-state index in [0.717, 1.165) is 5.56 Å². The van der Waals surface area contributed by atoms with Crippen molar-refractivity contribution < 1.29 is 18.7 Å². The second kappa shape index (κ2) is 6.43. The van der Waals surface area contributed by atoms with Gasteiger partial charge in [-0.1, -0.05) is 36.4 Å². The molecule has 1 unspecified atom stereocenters. The number of carbonyl (C=O) groups excluding carboxylic acids is 2. The monoisotopic (exact) mass is 327 g/mol. The zero-order valence-electron chi connectivity index (χ0n) is 13.3. The lowest BCUT2D eigenvalue weighted by atomic mass is 9.89. The lowest BCUT2D eigenvalue weighted by Gasteiger charge is -2.33. The largest absolute Gasteiger partial charge is 0.445 e. The molecule has 2 aromatic rings. The van der Waals surface area contributed by atoms with Crippen molar-refractivity contribution in [1.29, 1.82) is 0 Å². The Kier molecular flexibility index (Phi) is 4.34. The molecule has 2 aromatic carbocycles. The Morgan fingerprint density at radius 2 is 1.92 bits per heavy atom. The third-order valence-corrected chi connectivity index (χ3v) is 4.20. The minimum Gasteiger partial charge on any atom is -0.445 e. The van der Waals surface area contributed by atoms with E-state index in [9.17, 15) is 14.0 Å². The van der Waals surface area contributed by atoms with Crippen LogP contribution in [0.1, 0.15) is 28.4 Å². The minimum absolute atomic E-state index is 0.272. The van der Waals surface area contributed by atoms with Crippen molar-refractivity contribution in [3.8, 4) is 0 Å². The van der Waals surface area contributed by atoms with Gasteiger partial charge in [-0.15, -0.1) is 0 Å². The molecular weight excluding hydrogens is 309 g/mol. The topological polar surface area (TPSA) is 55.4 Å². The molecule has 1 aliphatic heterocycles. The quantitative estimate of drug-likeness (QED) is 0.879. The predicted octanol–water partition coefficient (Wildman–Crippen LogP) is 2.66. The van der Waals surface area contributed by atoms with Gasteiger partial charge in [0.25, 0.3) is 5.91 Å². The average Bonchev–Trinajstić information content (AvgIpc) is 2.56. The minimum atomic E-state index is -1.25. The number of carbonyl (C=O) groups is 2. The van der Waals surface area contributed by atoms with Gasteiger partial charge in [-0.2, -0.15) is 0 Å². The molecule has 0 aliphatic carbocycles. The molecule has 3 rings (SSSR count). The summed E-state index contributed by atoms with van der Waals surface area (Å²) >= 11 is 0. The number of esters is 1. The molecule has 1 heterocycles. The average molecular weight is 327 g/mol. The number of hydrogen-bond donors (Lipinski definition) is 1. The molecule has 1 aliphatic rings. The van der Waals surface area contributed by atoms with Crippen LogP contribution in [0.4, 0.5) is 4.39 Å². The highest BCUT2D eigenvalue weighted by Crippen LogP contribution is 2.28. The number of hydrogen-bond acceptors (Lipinski definition) is 3. The van der Waals surface area contributed by atoms with Crippen molar-refractivity contribution in [2.45, 2.75) is 25.4 Å². The third kappa shape index (κ3) is 3.15. The number of ether oxygens (including phenoxy) is 1. The van der Waals surface area contributed by atoms with Gasteiger partial charge >= 0.3 is 5.97 Å². The molecule has 24 heavy (non-hydrogen) atoms. The number of fused-ring (bicyclic) bond motifs is 1. The van der Waals surface area contributed by atoms with Crippen LogP contribution in [-0.4, -0.2) is 24.0 Å². The first-order valence-electron chi connectivity index (χ1n) is 7.82. The second-order valence-corrected chi connectivity index (χ2v) is 6.05. The maximum absolute atomic E-state index is 13.6. The van der Waals surface area contributed by atoms with E-state index in [0.29, 0.717) is 24.0 Å². The van der Waals surface area contributed by atoms with Crippen molar-refractivity contribution in [3.05, 3.63) is 71.0 Å². The Balaban J connectivity index is 1.65. The summed E-state index contributed by atoms with van der Waals surface area (Å²) < 4.78 is 18.9. The van der Waals surface area contributed by atoms with Gasteiger partial charge in [-0.25, -0.2) is 9.18 Å². The maximum atomic E-state index is 13.6. The van der Waals surface area contributed by atoms with Crippen LogP contribution < -0.4 is 5.32 Å². The SMILES string of the molecule is CC1(C(=O)NCCc2ccccc2F)Cc2ccccc2C(=O)O1. The fourth-order valence-electron chi connectivity index (χ4n) is 2.86. The van der Waals surface area contributed by atoms with Crippen LogP contribution in [0.25, 0.3) is 0 Å². The summed E-state index contributed by atoms with van der Waals surface area (Å²) in [4.78, 5) is 24.6. The molecule has 4 nitrogen and oxygen atoms in total. The number of benzene rings is 2. The highest BCUT2D eigenvalue weighted by atomic mass is 19.1. The third-order valence-electron chi connectivity index (χ3n) is 4.20. The van der Waals surface area contributed by atoms with Gasteiger partial charge < -0.3 is 10.1 Å². The summed E-state index contributed by atoms with van der Waals surface area (Å²) in [6.45, 7) is 1.87. The molecule has 1 amide bonds. The van der Waals surface area contributed by atoms with E-state index in [2.05, 4.69) is 5.32 Å². The molecule has 0 saturated heterocycles. The summed E-state index contributed by atoms with van der Waals surface area (Å²) in [5, 5.41) is 2.74. The fraction of sp³-hybridized carbons (Fsp3) is 0.263. The number of halogens is 1. The molecule has 1 N–H and O–H groups in total. The Hall–Kier alpha value is -2.69. The van der Waals surface area contributed by atoms with E-state index in [4.69, 9.17) is 4.74 Å². The van der Waals surface area contributed by atoms with E-state index in [1.165, 1.54) is 6.07 Å². The zero-order chi connectivity index (χ0) is 17.2. The Labute approximate surface area is 139 Å². The van der Waals surface area contributed by atoms with Gasteiger partial charge in [0.05, 0.1) is 5.56 Å². The normalized spacial score (nSPS) is 19.3. The Morgan fingerprint density at radius 3 is 2.71 bits per heavy atom. The first-order chi connectivity index (χ1) is 11.5. The van der Waals surface area contributed by atoms with E-state index < -0.39 is 11.6 Å². The molecule has 0 fully saturated rings. The van der Waals surface area contributed by atoms with Crippen LogP contribution in [0.2, 0.25) is 0 Å². The molecule has 1 atom stereocenters. The Bertz CT molecular complexity index is 790. The van der Waals surface area contributed by atoms with E-state index in [1.807, 2.05) is 12.1 Å². The maximum Gasteiger partial charge on any atom is 0.339 e. The first-order valence-corrected chi connectivity index (χ1v) is 7.82. The molecule has 0 radical (unpaired) electrons. The highest BCUT2D eigenvalue weighted by Gasteiger charge is 2.42. The number of rotatable bonds is 4. The smallest absolute Gasteiger partial charge is 0.339 e. The van der Waals surface area contributed by atoms with Crippen molar-refractivity contribution in [2.75, 3.05) is 6.54 Å². The lowest BCUT2D eigenvalue weighted by Crippen LogP contribution is -2.52. The van der Waals surface area contributed by atoms with Gasteiger partial charge in [0, 0.05) is 13.0 Å². The first kappa shape index (κ1) is 16.2. The van der Waals surface area contributed by atoms with Crippen molar-refractivity contribution in [3.63, 3.8) is 0 Å². The summed E-state index contributed by atoms with van der Waals surface area (Å²) in [7, 11) is 0. The number of cyclic esters (lactones) is 1. The van der Waals surface area contributed by atoms with Crippen molar-refractivity contribution in [2.24, 2.45) is 0 Å². The molecule has 124 valence electrons. The molecule has 0 spiro atoms. The molecule has 0 bridgehead atoms. The van der Waals surface area contributed by atoms with Crippen molar-refractivity contribution >= 4 is 11.9 Å². The zero-order valence-corrected chi connectivity index (χ0v) is 13.3. The molecule has 0 aromatic heterocycles. The standard InChI is InChI=1S/C19H18FNO3/c1-19(12-14-7-2-4-8-15(14)17(22)24-19)18(23)21-11-10-13-6-3-5-9-16(13)20/h2-9H,10-12H2,1H3,(H,21,23). The highest BCUT2D eigenvalue weighted by molar-refractivity contribution is 5.97. The van der Waals surface area contributed by atoms with Crippen LogP contribution in [0.15, 0.2) is 48.5 Å². The number of amides is 1. The summed E-state index contributed by atoms with van der Waals surface area (Å²) in [6.07, 6.45) is 0.694. The van der Waals surface area contributed by atoms with Crippen LogP contribution in [-0.2, 0) is 22.4 Å². The molecule has 5 heteroatoms. The predicted molar refractivity (Wildman–Crippen MR) is 87.1 cm³/mol. The lowest BCUT2D eigenvalue weighted by molar-refractivity contribution is -0.139. The summed E-state index contributed by atoms with van der Waals surface area (Å²) in [5.41, 5.74) is 0.573. The van der Waals surface area contributed by atoms with E-state index >= 15 is 0 Å². The van der Waals surface area contributed by atoms with Crippen LogP contribution >= 0.6 is 0 Å². The van der Waals surface area contributed by atoms with Gasteiger partial charge in [-0.3, -0.25) is 4.79 Å². The van der Waals surface area contributed by atoms with Gasteiger partial charge in [0.1, 0.15) is 5.82 Å². The van der Waals surface area contributed by atoms with Gasteiger partial charge in [0.15, 0.2) is 5.60 Å². The van der Waals surface area contributed by atoms with Gasteiger partial charge in [-0.05, 0) is 36.6 Å². The van der Waals surface area contributed by atoms with Crippen molar-refractivity contribution in [1.82, 2.24) is 5.32 Å².